The number of hydroxylamine groups is 2. The summed E-state index contributed by atoms with van der Waals surface area (Å²) in [6.45, 7) is 2.61. The predicted octanol–water partition coefficient (Wildman–Crippen LogP) is 0.661. The third-order valence-corrected chi connectivity index (χ3v) is 0.349. The Morgan fingerprint density at radius 1 is 1.83 bits per heavy atom. The van der Waals surface area contributed by atoms with Crippen molar-refractivity contribution in [3.63, 3.8) is 0 Å². The minimum atomic E-state index is 0.694. The van der Waals surface area contributed by atoms with Crippen molar-refractivity contribution in [1.29, 1.82) is 0 Å². The maximum absolute atomic E-state index is 4.76. The van der Waals surface area contributed by atoms with E-state index in [1.807, 2.05) is 6.92 Å². The summed E-state index contributed by atoms with van der Waals surface area (Å²) in [4.78, 5) is 4.76. The first-order valence-electron chi connectivity index (χ1n) is 1.94. The van der Waals surface area contributed by atoms with E-state index in [2.05, 4.69) is 7.05 Å². The van der Waals surface area contributed by atoms with Crippen LogP contribution in [0, 0.1) is 7.05 Å². The molecule has 0 unspecified atom stereocenters. The quantitative estimate of drug-likeness (QED) is 0.460. The van der Waals surface area contributed by atoms with Gasteiger partial charge in [0, 0.05) is 14.1 Å². The minimum absolute atomic E-state index is 0.694. The summed E-state index contributed by atoms with van der Waals surface area (Å²) in [5.74, 6) is 0. The van der Waals surface area contributed by atoms with Crippen LogP contribution in [0.3, 0.4) is 0 Å². The van der Waals surface area contributed by atoms with E-state index < -0.39 is 0 Å². The molecule has 37 valence electrons. The molecule has 1 radical (unpaired) electrons. The van der Waals surface area contributed by atoms with Crippen LogP contribution < -0.4 is 0 Å². The number of rotatable bonds is 2. The molecular weight excluding hydrogens is 78.0 g/mol. The standard InChI is InChI=1S/C4H10NO/c1-4-6-5(2)3/h2,4H2,1,3H3. The largest absolute Gasteiger partial charge is 0.300 e. The summed E-state index contributed by atoms with van der Waals surface area (Å²) in [5.41, 5.74) is 0. The normalized spacial score (nSPS) is 10.0. The summed E-state index contributed by atoms with van der Waals surface area (Å²) >= 11 is 0. The van der Waals surface area contributed by atoms with Crippen molar-refractivity contribution in [1.82, 2.24) is 5.06 Å². The molecule has 0 saturated heterocycles. The zero-order valence-electron chi connectivity index (χ0n) is 4.27. The predicted molar refractivity (Wildman–Crippen MR) is 24.7 cm³/mol. The van der Waals surface area contributed by atoms with Crippen molar-refractivity contribution in [3.05, 3.63) is 7.05 Å². The zero-order valence-corrected chi connectivity index (χ0v) is 4.27. The SMILES string of the molecule is [CH2]N(C)OCC. The lowest BCUT2D eigenvalue weighted by molar-refractivity contribution is -0.0969. The minimum Gasteiger partial charge on any atom is -0.300 e. The van der Waals surface area contributed by atoms with E-state index in [9.17, 15) is 0 Å². The molecule has 0 amide bonds. The highest BCUT2D eigenvalue weighted by atomic mass is 16.7. The van der Waals surface area contributed by atoms with Crippen LogP contribution in [0.2, 0.25) is 0 Å². The molecule has 0 aliphatic carbocycles. The Balaban J connectivity index is 2.63. The molecule has 0 aliphatic heterocycles. The first-order valence-corrected chi connectivity index (χ1v) is 1.94. The van der Waals surface area contributed by atoms with Crippen LogP contribution in [0.4, 0.5) is 0 Å². The third-order valence-electron chi connectivity index (χ3n) is 0.349. The van der Waals surface area contributed by atoms with Crippen molar-refractivity contribution in [2.45, 2.75) is 6.92 Å². The summed E-state index contributed by atoms with van der Waals surface area (Å²) in [6.07, 6.45) is 0. The molecule has 0 aromatic heterocycles. The summed E-state index contributed by atoms with van der Waals surface area (Å²) < 4.78 is 0. The van der Waals surface area contributed by atoms with E-state index in [4.69, 9.17) is 4.84 Å². The fraction of sp³-hybridized carbons (Fsp3) is 0.750. The van der Waals surface area contributed by atoms with E-state index in [0.717, 1.165) is 0 Å². The molecule has 0 atom stereocenters. The second-order valence-corrected chi connectivity index (χ2v) is 1.05. The smallest absolute Gasteiger partial charge is 0.0656 e. The highest BCUT2D eigenvalue weighted by Gasteiger charge is 1.78. The van der Waals surface area contributed by atoms with Gasteiger partial charge in [-0.3, -0.25) is 4.84 Å². The van der Waals surface area contributed by atoms with Gasteiger partial charge in [0.1, 0.15) is 0 Å². The Bertz CT molecular complexity index is 28.7. The summed E-state index contributed by atoms with van der Waals surface area (Å²) in [7, 11) is 5.19. The fourth-order valence-corrected chi connectivity index (χ4v) is 0.220. The Morgan fingerprint density at radius 2 is 2.33 bits per heavy atom. The van der Waals surface area contributed by atoms with Gasteiger partial charge in [0.05, 0.1) is 6.61 Å². The van der Waals surface area contributed by atoms with Crippen LogP contribution in [0.5, 0.6) is 0 Å². The van der Waals surface area contributed by atoms with Crippen molar-refractivity contribution < 1.29 is 4.84 Å². The molecule has 0 aliphatic rings. The van der Waals surface area contributed by atoms with Gasteiger partial charge in [-0.1, -0.05) is 0 Å². The second kappa shape index (κ2) is 3.12. The molecule has 0 aromatic carbocycles. The Kier molecular flexibility index (Phi) is 3.08. The molecule has 6 heavy (non-hydrogen) atoms. The van der Waals surface area contributed by atoms with Crippen LogP contribution in [0.15, 0.2) is 0 Å². The maximum Gasteiger partial charge on any atom is 0.0656 e. The van der Waals surface area contributed by atoms with Gasteiger partial charge in [0.15, 0.2) is 0 Å². The van der Waals surface area contributed by atoms with E-state index >= 15 is 0 Å². The zero-order chi connectivity index (χ0) is 4.99. The van der Waals surface area contributed by atoms with Gasteiger partial charge in [-0.2, -0.15) is 5.06 Å². The van der Waals surface area contributed by atoms with Gasteiger partial charge in [-0.15, -0.1) is 0 Å². The monoisotopic (exact) mass is 88.1 g/mol. The second-order valence-electron chi connectivity index (χ2n) is 1.05. The van der Waals surface area contributed by atoms with E-state index in [1.165, 1.54) is 5.06 Å². The first kappa shape index (κ1) is 5.92. The van der Waals surface area contributed by atoms with Gasteiger partial charge in [-0.25, -0.2) is 0 Å². The maximum atomic E-state index is 4.76. The molecule has 0 aromatic rings. The van der Waals surface area contributed by atoms with Crippen LogP contribution in [0.25, 0.3) is 0 Å². The van der Waals surface area contributed by atoms with Gasteiger partial charge >= 0.3 is 0 Å². The molecular formula is C4H10NO. The molecule has 0 fully saturated rings. The van der Waals surface area contributed by atoms with Gasteiger partial charge in [0.25, 0.3) is 0 Å². The molecule has 0 spiro atoms. The molecule has 0 rings (SSSR count). The van der Waals surface area contributed by atoms with Crippen molar-refractivity contribution >= 4 is 0 Å². The van der Waals surface area contributed by atoms with Gasteiger partial charge < -0.3 is 0 Å². The highest BCUT2D eigenvalue weighted by Crippen LogP contribution is 1.75. The summed E-state index contributed by atoms with van der Waals surface area (Å²) in [6, 6.07) is 0. The average Bonchev–Trinajstić information content (AvgIpc) is 1.35. The third kappa shape index (κ3) is 3.92. The number of hydrogen-bond acceptors (Lipinski definition) is 2. The van der Waals surface area contributed by atoms with E-state index in [-0.39, 0.29) is 0 Å². The number of nitrogens with zero attached hydrogens (tertiary/aromatic N) is 1. The Hall–Kier alpha value is -0.0800. The molecule has 0 saturated carbocycles. The lowest BCUT2D eigenvalue weighted by Gasteiger charge is -2.04. The lowest BCUT2D eigenvalue weighted by Crippen LogP contribution is -2.08. The first-order chi connectivity index (χ1) is 2.77. The fourth-order valence-electron chi connectivity index (χ4n) is 0.220. The van der Waals surface area contributed by atoms with Crippen LogP contribution in [-0.2, 0) is 4.84 Å². The number of hydrogen-bond donors (Lipinski definition) is 0. The van der Waals surface area contributed by atoms with Gasteiger partial charge in [0.2, 0.25) is 0 Å². The lowest BCUT2D eigenvalue weighted by atomic mass is 10.9. The van der Waals surface area contributed by atoms with Crippen molar-refractivity contribution in [2.75, 3.05) is 13.7 Å². The van der Waals surface area contributed by atoms with E-state index in [1.54, 1.807) is 7.05 Å². The topological polar surface area (TPSA) is 12.5 Å². The van der Waals surface area contributed by atoms with Crippen LogP contribution >= 0.6 is 0 Å². The molecule has 2 heteroatoms. The Labute approximate surface area is 38.7 Å². The molecule has 0 heterocycles. The van der Waals surface area contributed by atoms with Gasteiger partial charge in [-0.05, 0) is 6.92 Å². The van der Waals surface area contributed by atoms with Crippen LogP contribution in [0.1, 0.15) is 6.92 Å². The van der Waals surface area contributed by atoms with Crippen molar-refractivity contribution in [2.24, 2.45) is 0 Å². The summed E-state index contributed by atoms with van der Waals surface area (Å²) in [5, 5.41) is 1.43. The molecule has 0 bridgehead atoms. The van der Waals surface area contributed by atoms with E-state index in [0.29, 0.717) is 6.61 Å². The highest BCUT2D eigenvalue weighted by molar-refractivity contribution is 4.17. The van der Waals surface area contributed by atoms with Crippen LogP contribution in [-0.4, -0.2) is 18.7 Å². The Morgan fingerprint density at radius 3 is 2.33 bits per heavy atom. The average molecular weight is 88.1 g/mol. The van der Waals surface area contributed by atoms with Crippen molar-refractivity contribution in [3.8, 4) is 0 Å². The molecule has 2 nitrogen and oxygen atoms in total. The molecule has 0 N–H and O–H groups in total.